The lowest BCUT2D eigenvalue weighted by Crippen LogP contribution is -1.97. The van der Waals surface area contributed by atoms with Gasteiger partial charge in [0.25, 0.3) is 5.88 Å². The third kappa shape index (κ3) is 2.07. The van der Waals surface area contributed by atoms with E-state index in [9.17, 15) is 5.11 Å². The first kappa shape index (κ1) is 11.0. The van der Waals surface area contributed by atoms with E-state index in [4.69, 9.17) is 9.47 Å². The Kier molecular flexibility index (Phi) is 3.28. The fraction of sp³-hybridized carbons (Fsp3) is 0.200. The number of aliphatic hydroxyl groups excluding tert-OH is 1. The summed E-state index contributed by atoms with van der Waals surface area (Å²) in [6, 6.07) is 1.57. The molecule has 1 aromatic heterocycles. The van der Waals surface area contributed by atoms with E-state index in [2.05, 4.69) is 23.3 Å². The smallest absolute Gasteiger partial charge is 0.257 e. The van der Waals surface area contributed by atoms with Crippen LogP contribution in [0.15, 0.2) is 17.6 Å². The van der Waals surface area contributed by atoms with Crippen molar-refractivity contribution in [3.63, 3.8) is 0 Å². The SMILES string of the molecule is C=Nc1cc(OC)c(OC)nc1C(=C)O. The number of hydrogen-bond donors (Lipinski definition) is 1. The van der Waals surface area contributed by atoms with E-state index in [1.807, 2.05) is 0 Å². The Morgan fingerprint density at radius 1 is 1.47 bits per heavy atom. The number of rotatable bonds is 4. The summed E-state index contributed by atoms with van der Waals surface area (Å²) in [7, 11) is 2.94. The van der Waals surface area contributed by atoms with E-state index in [1.165, 1.54) is 14.2 Å². The molecule has 80 valence electrons. The van der Waals surface area contributed by atoms with Crippen molar-refractivity contribution in [3.8, 4) is 11.6 Å². The van der Waals surface area contributed by atoms with Gasteiger partial charge in [-0.2, -0.15) is 0 Å². The molecule has 0 radical (unpaired) electrons. The third-order valence-corrected chi connectivity index (χ3v) is 1.79. The molecule has 0 aliphatic carbocycles. The van der Waals surface area contributed by atoms with Crippen LogP contribution in [0.3, 0.4) is 0 Å². The van der Waals surface area contributed by atoms with Gasteiger partial charge in [-0.3, -0.25) is 4.99 Å². The minimum absolute atomic E-state index is 0.196. The molecule has 0 atom stereocenters. The van der Waals surface area contributed by atoms with Gasteiger partial charge >= 0.3 is 0 Å². The molecule has 1 aromatic rings. The van der Waals surface area contributed by atoms with Crippen LogP contribution in [0.25, 0.3) is 5.76 Å². The van der Waals surface area contributed by atoms with Gasteiger partial charge in [-0.05, 0) is 6.72 Å². The van der Waals surface area contributed by atoms with Crippen molar-refractivity contribution in [1.82, 2.24) is 4.98 Å². The molecule has 1 N–H and O–H groups in total. The highest BCUT2D eigenvalue weighted by molar-refractivity contribution is 5.69. The molecule has 5 nitrogen and oxygen atoms in total. The van der Waals surface area contributed by atoms with Crippen LogP contribution in [0.2, 0.25) is 0 Å². The zero-order chi connectivity index (χ0) is 11.4. The van der Waals surface area contributed by atoms with Crippen LogP contribution in [0, 0.1) is 0 Å². The molecule has 1 rings (SSSR count). The number of ether oxygens (including phenoxy) is 2. The minimum atomic E-state index is -0.196. The van der Waals surface area contributed by atoms with E-state index in [1.54, 1.807) is 6.07 Å². The average molecular weight is 208 g/mol. The predicted octanol–water partition coefficient (Wildman–Crippen LogP) is 1.96. The highest BCUT2D eigenvalue weighted by Gasteiger charge is 2.13. The molecule has 0 fully saturated rings. The summed E-state index contributed by atoms with van der Waals surface area (Å²) in [6.45, 7) is 6.74. The lowest BCUT2D eigenvalue weighted by Gasteiger charge is -2.09. The second-order valence-electron chi connectivity index (χ2n) is 2.67. The molecule has 0 aromatic carbocycles. The van der Waals surface area contributed by atoms with Crippen LogP contribution in [-0.4, -0.2) is 31.0 Å². The molecule has 0 bridgehead atoms. The van der Waals surface area contributed by atoms with E-state index in [-0.39, 0.29) is 17.3 Å². The Labute approximate surface area is 87.7 Å². The molecule has 0 saturated carbocycles. The Morgan fingerprint density at radius 3 is 2.53 bits per heavy atom. The van der Waals surface area contributed by atoms with E-state index >= 15 is 0 Å². The lowest BCUT2D eigenvalue weighted by molar-refractivity contribution is 0.342. The Hall–Kier alpha value is -2.04. The second-order valence-corrected chi connectivity index (χ2v) is 2.67. The number of hydrogen-bond acceptors (Lipinski definition) is 5. The first-order valence-corrected chi connectivity index (χ1v) is 4.12. The summed E-state index contributed by atoms with van der Waals surface area (Å²) in [5, 5.41) is 9.28. The topological polar surface area (TPSA) is 63.9 Å². The summed E-state index contributed by atoms with van der Waals surface area (Å²) >= 11 is 0. The molecule has 0 aliphatic heterocycles. The number of nitrogens with zero attached hydrogens (tertiary/aromatic N) is 2. The van der Waals surface area contributed by atoms with Crippen molar-refractivity contribution >= 4 is 18.2 Å². The van der Waals surface area contributed by atoms with Gasteiger partial charge in [0, 0.05) is 6.07 Å². The summed E-state index contributed by atoms with van der Waals surface area (Å²) in [5.41, 5.74) is 0.614. The van der Waals surface area contributed by atoms with Gasteiger partial charge in [-0.25, -0.2) is 4.98 Å². The molecule has 1 heterocycles. The van der Waals surface area contributed by atoms with Gasteiger partial charge in [-0.15, -0.1) is 0 Å². The predicted molar refractivity (Wildman–Crippen MR) is 58.2 cm³/mol. The maximum atomic E-state index is 9.28. The van der Waals surface area contributed by atoms with Crippen LogP contribution in [-0.2, 0) is 0 Å². The van der Waals surface area contributed by atoms with E-state index in [0.29, 0.717) is 11.4 Å². The van der Waals surface area contributed by atoms with Crippen molar-refractivity contribution in [2.45, 2.75) is 0 Å². The lowest BCUT2D eigenvalue weighted by atomic mass is 10.2. The molecule has 15 heavy (non-hydrogen) atoms. The fourth-order valence-electron chi connectivity index (χ4n) is 1.09. The second kappa shape index (κ2) is 4.45. The monoisotopic (exact) mass is 208 g/mol. The minimum Gasteiger partial charge on any atom is -0.506 e. The number of methoxy groups -OCH3 is 2. The summed E-state index contributed by atoms with van der Waals surface area (Å²) in [6.07, 6.45) is 0. The summed E-state index contributed by atoms with van der Waals surface area (Å²) in [4.78, 5) is 7.71. The standard InChI is InChI=1S/C10H12N2O3/c1-6(13)9-7(11-2)5-8(14-3)10(12-9)15-4/h5,13H,1-2H2,3-4H3. The largest absolute Gasteiger partial charge is 0.506 e. The molecule has 5 heteroatoms. The van der Waals surface area contributed by atoms with Crippen LogP contribution < -0.4 is 9.47 Å². The Bertz CT molecular complexity index is 402. The highest BCUT2D eigenvalue weighted by atomic mass is 16.5. The van der Waals surface area contributed by atoms with Crippen LogP contribution in [0.4, 0.5) is 5.69 Å². The molecule has 0 amide bonds. The maximum Gasteiger partial charge on any atom is 0.257 e. The van der Waals surface area contributed by atoms with Gasteiger partial charge in [0.15, 0.2) is 5.75 Å². The highest BCUT2D eigenvalue weighted by Crippen LogP contribution is 2.33. The van der Waals surface area contributed by atoms with Gasteiger partial charge in [-0.1, -0.05) is 6.58 Å². The molecular weight excluding hydrogens is 196 g/mol. The molecule has 0 saturated heterocycles. The average Bonchev–Trinajstić information content (AvgIpc) is 2.26. The van der Waals surface area contributed by atoms with E-state index < -0.39 is 0 Å². The first-order valence-electron chi connectivity index (χ1n) is 4.12. The quantitative estimate of drug-likeness (QED) is 0.606. The number of aliphatic hydroxyl groups is 1. The van der Waals surface area contributed by atoms with Gasteiger partial charge in [0.2, 0.25) is 0 Å². The number of aliphatic imine (C=N–C) groups is 1. The Balaban J connectivity index is 3.40. The molecule has 0 spiro atoms. The van der Waals surface area contributed by atoms with Gasteiger partial charge < -0.3 is 14.6 Å². The zero-order valence-electron chi connectivity index (χ0n) is 8.65. The Morgan fingerprint density at radius 2 is 2.13 bits per heavy atom. The molecule has 0 aliphatic rings. The molecule has 0 unspecified atom stereocenters. The maximum absolute atomic E-state index is 9.28. The number of pyridine rings is 1. The zero-order valence-corrected chi connectivity index (χ0v) is 8.65. The van der Waals surface area contributed by atoms with Crippen LogP contribution in [0.1, 0.15) is 5.69 Å². The fourth-order valence-corrected chi connectivity index (χ4v) is 1.09. The van der Waals surface area contributed by atoms with Crippen LogP contribution in [0.5, 0.6) is 11.6 Å². The van der Waals surface area contributed by atoms with Crippen molar-refractivity contribution in [2.75, 3.05) is 14.2 Å². The van der Waals surface area contributed by atoms with E-state index in [0.717, 1.165) is 0 Å². The third-order valence-electron chi connectivity index (χ3n) is 1.79. The normalized spacial score (nSPS) is 9.47. The van der Waals surface area contributed by atoms with Crippen molar-refractivity contribution in [3.05, 3.63) is 18.3 Å². The van der Waals surface area contributed by atoms with Crippen molar-refractivity contribution in [1.29, 1.82) is 0 Å². The van der Waals surface area contributed by atoms with Crippen LogP contribution >= 0.6 is 0 Å². The summed E-state index contributed by atoms with van der Waals surface area (Å²) < 4.78 is 10.0. The van der Waals surface area contributed by atoms with Gasteiger partial charge in [0.05, 0.1) is 19.9 Å². The first-order chi connectivity index (χ1) is 7.13. The van der Waals surface area contributed by atoms with Gasteiger partial charge in [0.1, 0.15) is 11.5 Å². The molecular formula is C10H12N2O3. The summed E-state index contributed by atoms with van der Waals surface area (Å²) in [5.74, 6) is 0.485. The van der Waals surface area contributed by atoms with Crippen molar-refractivity contribution < 1.29 is 14.6 Å². The number of aromatic nitrogens is 1. The van der Waals surface area contributed by atoms with Crippen molar-refractivity contribution in [2.24, 2.45) is 4.99 Å².